The van der Waals surface area contributed by atoms with Crippen LogP contribution in [0.5, 0.6) is 0 Å². The Morgan fingerprint density at radius 1 is 1.61 bits per heavy atom. The Kier molecular flexibility index (Phi) is 3.26. The third-order valence-electron chi connectivity index (χ3n) is 2.49. The van der Waals surface area contributed by atoms with E-state index in [0.29, 0.717) is 30.2 Å². The number of aryl methyl sites for hydroxylation is 2. The molecule has 0 atom stereocenters. The van der Waals surface area contributed by atoms with Gasteiger partial charge < -0.3 is 11.1 Å². The van der Waals surface area contributed by atoms with Crippen LogP contribution in [-0.2, 0) is 13.5 Å². The Bertz CT molecular complexity index is 556. The van der Waals surface area contributed by atoms with Gasteiger partial charge in [0, 0.05) is 20.0 Å². The lowest BCUT2D eigenvalue weighted by Crippen LogP contribution is -2.27. The molecule has 0 bridgehead atoms. The Morgan fingerprint density at radius 3 is 2.94 bits per heavy atom. The second-order valence-corrected chi connectivity index (χ2v) is 3.95. The van der Waals surface area contributed by atoms with Crippen LogP contribution in [0.15, 0.2) is 6.33 Å². The first-order valence-corrected chi connectivity index (χ1v) is 5.51. The second kappa shape index (κ2) is 4.86. The molecule has 1 amide bonds. The number of nitrogen functional groups attached to an aromatic ring is 1. The first-order chi connectivity index (χ1) is 8.58. The lowest BCUT2D eigenvalue weighted by atomic mass is 10.3. The molecule has 2 heterocycles. The summed E-state index contributed by atoms with van der Waals surface area (Å²) in [6.07, 6.45) is 2.18. The largest absolute Gasteiger partial charge is 0.395 e. The molecular weight excluding hydrogens is 234 g/mol. The van der Waals surface area contributed by atoms with Crippen LogP contribution >= 0.6 is 0 Å². The van der Waals surface area contributed by atoms with Crippen molar-refractivity contribution in [3.05, 3.63) is 23.5 Å². The molecule has 8 nitrogen and oxygen atoms in total. The fraction of sp³-hybridized carbons (Fsp3) is 0.400. The van der Waals surface area contributed by atoms with Crippen molar-refractivity contribution in [3.63, 3.8) is 0 Å². The molecule has 0 aromatic carbocycles. The number of carbonyl (C=O) groups excluding carboxylic acids is 1. The van der Waals surface area contributed by atoms with Gasteiger partial charge in [0.05, 0.1) is 11.4 Å². The normalized spacial score (nSPS) is 10.6. The van der Waals surface area contributed by atoms with Crippen molar-refractivity contribution in [3.8, 4) is 0 Å². The molecule has 0 radical (unpaired) electrons. The van der Waals surface area contributed by atoms with Gasteiger partial charge in [-0.15, -0.1) is 0 Å². The first kappa shape index (κ1) is 12.1. The summed E-state index contributed by atoms with van der Waals surface area (Å²) in [6, 6.07) is 0. The van der Waals surface area contributed by atoms with Crippen molar-refractivity contribution in [2.24, 2.45) is 7.05 Å². The minimum atomic E-state index is -0.298. The number of aromatic nitrogens is 5. The molecule has 0 saturated heterocycles. The summed E-state index contributed by atoms with van der Waals surface area (Å²) in [5, 5.41) is 13.3. The fourth-order valence-electron chi connectivity index (χ4n) is 1.48. The van der Waals surface area contributed by atoms with Crippen LogP contribution in [0, 0.1) is 6.92 Å². The molecule has 0 aliphatic rings. The van der Waals surface area contributed by atoms with Crippen molar-refractivity contribution in [1.29, 1.82) is 0 Å². The highest BCUT2D eigenvalue weighted by atomic mass is 16.1. The number of amides is 1. The van der Waals surface area contributed by atoms with E-state index in [9.17, 15) is 4.79 Å². The summed E-state index contributed by atoms with van der Waals surface area (Å²) < 4.78 is 1.62. The van der Waals surface area contributed by atoms with E-state index in [0.717, 1.165) is 0 Å². The van der Waals surface area contributed by atoms with Gasteiger partial charge in [-0.25, -0.2) is 4.98 Å². The number of H-pyrrole nitrogens is 1. The van der Waals surface area contributed by atoms with Gasteiger partial charge >= 0.3 is 0 Å². The minimum Gasteiger partial charge on any atom is -0.395 e. The highest BCUT2D eigenvalue weighted by molar-refractivity contribution is 5.97. The third kappa shape index (κ3) is 2.47. The number of hydrogen-bond donors (Lipinski definition) is 3. The number of nitrogens with one attached hydrogen (secondary N) is 2. The Labute approximate surface area is 104 Å². The molecule has 8 heteroatoms. The summed E-state index contributed by atoms with van der Waals surface area (Å²) in [4.78, 5) is 15.8. The van der Waals surface area contributed by atoms with Gasteiger partial charge in [0.1, 0.15) is 6.33 Å². The maximum atomic E-state index is 11.8. The summed E-state index contributed by atoms with van der Waals surface area (Å²) in [7, 11) is 1.79. The molecule has 0 unspecified atom stereocenters. The topological polar surface area (TPSA) is 115 Å². The highest BCUT2D eigenvalue weighted by Gasteiger charge is 2.14. The van der Waals surface area contributed by atoms with Gasteiger partial charge in [0.25, 0.3) is 5.91 Å². The van der Waals surface area contributed by atoms with Gasteiger partial charge in [-0.3, -0.25) is 14.6 Å². The van der Waals surface area contributed by atoms with Crippen LogP contribution in [0.3, 0.4) is 0 Å². The van der Waals surface area contributed by atoms with Crippen LogP contribution in [0.1, 0.15) is 22.0 Å². The first-order valence-electron chi connectivity index (χ1n) is 5.51. The van der Waals surface area contributed by atoms with Crippen LogP contribution in [0.2, 0.25) is 0 Å². The van der Waals surface area contributed by atoms with Gasteiger partial charge in [0.2, 0.25) is 0 Å². The Morgan fingerprint density at radius 2 is 2.39 bits per heavy atom. The van der Waals surface area contributed by atoms with E-state index >= 15 is 0 Å². The summed E-state index contributed by atoms with van der Waals surface area (Å²) in [6.45, 7) is 2.20. The fourth-order valence-corrected chi connectivity index (χ4v) is 1.48. The van der Waals surface area contributed by atoms with Crippen LogP contribution in [-0.4, -0.2) is 37.4 Å². The van der Waals surface area contributed by atoms with Crippen molar-refractivity contribution in [2.75, 3.05) is 12.3 Å². The average molecular weight is 249 g/mol. The van der Waals surface area contributed by atoms with E-state index in [1.54, 1.807) is 25.0 Å². The Balaban J connectivity index is 1.87. The summed E-state index contributed by atoms with van der Waals surface area (Å²) in [5.41, 5.74) is 7.00. The SMILES string of the molecule is Cc1[nH]nc(C(=O)NCCc2ncn(C)n2)c1N. The standard InChI is InChI=1S/C10H15N7O/c1-6-8(11)9(15-14-6)10(18)12-4-3-7-13-5-17(2)16-7/h5H,3-4,11H2,1-2H3,(H,12,18)(H,14,15). The van der Waals surface area contributed by atoms with Gasteiger partial charge in [-0.1, -0.05) is 0 Å². The molecule has 2 rings (SSSR count). The molecule has 4 N–H and O–H groups in total. The van der Waals surface area contributed by atoms with E-state index < -0.39 is 0 Å². The lowest BCUT2D eigenvalue weighted by Gasteiger charge is -2.01. The minimum absolute atomic E-state index is 0.224. The van der Waals surface area contributed by atoms with E-state index in [4.69, 9.17) is 5.73 Å². The van der Waals surface area contributed by atoms with Gasteiger partial charge in [-0.05, 0) is 6.92 Å². The van der Waals surface area contributed by atoms with Gasteiger partial charge in [-0.2, -0.15) is 10.2 Å². The molecule has 2 aromatic rings. The summed E-state index contributed by atoms with van der Waals surface area (Å²) in [5.74, 6) is 0.386. The van der Waals surface area contributed by atoms with E-state index in [1.165, 1.54) is 0 Å². The third-order valence-corrected chi connectivity index (χ3v) is 2.49. The number of hydrogen-bond acceptors (Lipinski definition) is 5. The molecule has 0 aliphatic heterocycles. The predicted molar refractivity (Wildman–Crippen MR) is 64.8 cm³/mol. The molecule has 18 heavy (non-hydrogen) atoms. The lowest BCUT2D eigenvalue weighted by molar-refractivity contribution is 0.0950. The quantitative estimate of drug-likeness (QED) is 0.669. The molecule has 0 spiro atoms. The number of rotatable bonds is 4. The van der Waals surface area contributed by atoms with E-state index in [-0.39, 0.29) is 11.6 Å². The molecule has 0 aliphatic carbocycles. The maximum Gasteiger partial charge on any atom is 0.273 e. The maximum absolute atomic E-state index is 11.8. The zero-order valence-electron chi connectivity index (χ0n) is 10.3. The smallest absolute Gasteiger partial charge is 0.273 e. The number of nitrogens with zero attached hydrogens (tertiary/aromatic N) is 4. The molecular formula is C10H15N7O. The second-order valence-electron chi connectivity index (χ2n) is 3.95. The van der Waals surface area contributed by atoms with Gasteiger partial charge in [0.15, 0.2) is 11.5 Å². The van der Waals surface area contributed by atoms with Crippen LogP contribution < -0.4 is 11.1 Å². The molecule has 0 saturated carbocycles. The predicted octanol–water partition coefficient (Wildman–Crippen LogP) is -0.599. The number of aromatic amines is 1. The number of nitrogens with two attached hydrogens (primary N) is 1. The van der Waals surface area contributed by atoms with Crippen molar-refractivity contribution < 1.29 is 4.79 Å². The van der Waals surface area contributed by atoms with Crippen LogP contribution in [0.25, 0.3) is 0 Å². The van der Waals surface area contributed by atoms with E-state index in [2.05, 4.69) is 25.6 Å². The zero-order chi connectivity index (χ0) is 13.1. The van der Waals surface area contributed by atoms with Crippen molar-refractivity contribution >= 4 is 11.6 Å². The van der Waals surface area contributed by atoms with E-state index in [1.807, 2.05) is 0 Å². The number of anilines is 1. The zero-order valence-corrected chi connectivity index (χ0v) is 10.3. The monoisotopic (exact) mass is 249 g/mol. The Hall–Kier alpha value is -2.38. The van der Waals surface area contributed by atoms with Crippen molar-refractivity contribution in [1.82, 2.24) is 30.3 Å². The molecule has 96 valence electrons. The van der Waals surface area contributed by atoms with Crippen molar-refractivity contribution in [2.45, 2.75) is 13.3 Å². The molecule has 0 fully saturated rings. The summed E-state index contributed by atoms with van der Waals surface area (Å²) >= 11 is 0. The average Bonchev–Trinajstić information content (AvgIpc) is 2.87. The highest BCUT2D eigenvalue weighted by Crippen LogP contribution is 2.11. The van der Waals surface area contributed by atoms with Crippen LogP contribution in [0.4, 0.5) is 5.69 Å². The number of carbonyl (C=O) groups is 1. The molecule has 2 aromatic heterocycles.